The first-order valence-corrected chi connectivity index (χ1v) is 9.89. The molecule has 30 heavy (non-hydrogen) atoms. The summed E-state index contributed by atoms with van der Waals surface area (Å²) in [6.07, 6.45) is 1.19. The number of carbonyl (C=O) groups excluding carboxylic acids is 2. The van der Waals surface area contributed by atoms with E-state index in [0.29, 0.717) is 24.3 Å². The molecule has 2 aromatic rings. The third-order valence-corrected chi connectivity index (χ3v) is 4.97. The highest BCUT2D eigenvalue weighted by Crippen LogP contribution is 2.28. The molecule has 2 rings (SSSR count). The predicted molar refractivity (Wildman–Crippen MR) is 113 cm³/mol. The van der Waals surface area contributed by atoms with Crippen molar-refractivity contribution >= 4 is 11.8 Å². The Morgan fingerprint density at radius 3 is 2.23 bits per heavy atom. The van der Waals surface area contributed by atoms with E-state index in [-0.39, 0.29) is 30.6 Å². The highest BCUT2D eigenvalue weighted by molar-refractivity contribution is 5.87. The SMILES string of the molecule is CC[C@H](C(=O)NC)N(Cc1ccc(F)cc1)C(=O)CCc1ccc(OC)c(OC)c1. The number of benzene rings is 2. The zero-order valence-electron chi connectivity index (χ0n) is 17.9. The number of hydrogen-bond acceptors (Lipinski definition) is 4. The number of rotatable bonds is 10. The number of aryl methyl sites for hydroxylation is 1. The molecule has 162 valence electrons. The molecule has 0 aromatic heterocycles. The third kappa shape index (κ3) is 5.95. The number of hydrogen-bond donors (Lipinski definition) is 1. The molecule has 0 radical (unpaired) electrons. The molecule has 0 heterocycles. The van der Waals surface area contributed by atoms with E-state index < -0.39 is 6.04 Å². The van der Waals surface area contributed by atoms with Crippen molar-refractivity contribution in [2.75, 3.05) is 21.3 Å². The average Bonchev–Trinajstić information content (AvgIpc) is 2.78. The van der Waals surface area contributed by atoms with Crippen molar-refractivity contribution < 1.29 is 23.5 Å². The minimum atomic E-state index is -0.599. The Balaban J connectivity index is 2.19. The van der Waals surface area contributed by atoms with Gasteiger partial charge >= 0.3 is 0 Å². The quantitative estimate of drug-likeness (QED) is 0.645. The Kier molecular flexibility index (Phi) is 8.65. The van der Waals surface area contributed by atoms with Crippen molar-refractivity contribution in [3.05, 3.63) is 59.4 Å². The van der Waals surface area contributed by atoms with E-state index in [4.69, 9.17) is 9.47 Å². The molecule has 0 saturated carbocycles. The van der Waals surface area contributed by atoms with Crippen LogP contribution in [0.3, 0.4) is 0 Å². The zero-order chi connectivity index (χ0) is 22.1. The molecule has 0 aliphatic rings. The van der Waals surface area contributed by atoms with Crippen molar-refractivity contribution in [1.29, 1.82) is 0 Å². The van der Waals surface area contributed by atoms with Crippen molar-refractivity contribution in [2.45, 2.75) is 38.8 Å². The van der Waals surface area contributed by atoms with E-state index in [1.54, 1.807) is 44.4 Å². The Bertz CT molecular complexity index is 855. The van der Waals surface area contributed by atoms with Crippen LogP contribution >= 0.6 is 0 Å². The molecule has 0 aliphatic heterocycles. The lowest BCUT2D eigenvalue weighted by atomic mass is 10.1. The molecule has 7 heteroatoms. The summed E-state index contributed by atoms with van der Waals surface area (Å²) < 4.78 is 23.8. The predicted octanol–water partition coefficient (Wildman–Crippen LogP) is 3.33. The van der Waals surface area contributed by atoms with E-state index in [2.05, 4.69) is 5.32 Å². The lowest BCUT2D eigenvalue weighted by Crippen LogP contribution is -2.48. The fourth-order valence-corrected chi connectivity index (χ4v) is 3.30. The lowest BCUT2D eigenvalue weighted by molar-refractivity contribution is -0.141. The van der Waals surface area contributed by atoms with Crippen molar-refractivity contribution in [3.8, 4) is 11.5 Å². The molecule has 1 atom stereocenters. The van der Waals surface area contributed by atoms with Crippen LogP contribution in [0.25, 0.3) is 0 Å². The van der Waals surface area contributed by atoms with Gasteiger partial charge in [0.15, 0.2) is 11.5 Å². The first-order valence-electron chi connectivity index (χ1n) is 9.89. The van der Waals surface area contributed by atoms with Crippen LogP contribution in [0.2, 0.25) is 0 Å². The minimum absolute atomic E-state index is 0.149. The van der Waals surface area contributed by atoms with Crippen LogP contribution in [-0.4, -0.2) is 44.0 Å². The van der Waals surface area contributed by atoms with Gasteiger partial charge in [-0.25, -0.2) is 4.39 Å². The lowest BCUT2D eigenvalue weighted by Gasteiger charge is -2.30. The van der Waals surface area contributed by atoms with Crippen LogP contribution in [0, 0.1) is 5.82 Å². The summed E-state index contributed by atoms with van der Waals surface area (Å²) in [5, 5.41) is 2.62. The fraction of sp³-hybridized carbons (Fsp3) is 0.391. The monoisotopic (exact) mass is 416 g/mol. The standard InChI is InChI=1S/C23H29FN2O4/c1-5-19(23(28)25-2)26(15-17-6-10-18(24)11-7-17)22(27)13-9-16-8-12-20(29-3)21(14-16)30-4/h6-8,10-12,14,19H,5,9,13,15H2,1-4H3,(H,25,28)/t19-/m1/s1. The maximum atomic E-state index is 13.3. The maximum Gasteiger partial charge on any atom is 0.242 e. The Labute approximate surface area is 177 Å². The van der Waals surface area contributed by atoms with Crippen LogP contribution in [-0.2, 0) is 22.6 Å². The molecule has 2 amide bonds. The second-order valence-corrected chi connectivity index (χ2v) is 6.88. The van der Waals surface area contributed by atoms with Gasteiger partial charge in [0, 0.05) is 20.0 Å². The number of halogens is 1. The van der Waals surface area contributed by atoms with Gasteiger partial charge in [0.05, 0.1) is 14.2 Å². The van der Waals surface area contributed by atoms with E-state index in [1.807, 2.05) is 19.1 Å². The number of ether oxygens (including phenoxy) is 2. The van der Waals surface area contributed by atoms with Gasteiger partial charge in [-0.05, 0) is 48.2 Å². The molecule has 0 spiro atoms. The number of nitrogens with one attached hydrogen (secondary N) is 1. The van der Waals surface area contributed by atoms with Crippen molar-refractivity contribution in [3.63, 3.8) is 0 Å². The fourth-order valence-electron chi connectivity index (χ4n) is 3.30. The van der Waals surface area contributed by atoms with Crippen molar-refractivity contribution in [2.24, 2.45) is 0 Å². The average molecular weight is 416 g/mol. The largest absolute Gasteiger partial charge is 0.493 e. The van der Waals surface area contributed by atoms with Crippen LogP contribution in [0.15, 0.2) is 42.5 Å². The van der Waals surface area contributed by atoms with Crippen LogP contribution in [0.1, 0.15) is 30.9 Å². The van der Waals surface area contributed by atoms with Gasteiger partial charge in [-0.2, -0.15) is 0 Å². The molecule has 0 aliphatic carbocycles. The summed E-state index contributed by atoms with van der Waals surface area (Å²) in [7, 11) is 4.68. The van der Waals surface area contributed by atoms with Gasteiger partial charge in [-0.3, -0.25) is 9.59 Å². The molecule has 0 fully saturated rings. The summed E-state index contributed by atoms with van der Waals surface area (Å²) in [5.41, 5.74) is 1.69. The summed E-state index contributed by atoms with van der Waals surface area (Å²) in [5.74, 6) is 0.505. The molecular weight excluding hydrogens is 387 g/mol. The molecule has 0 saturated heterocycles. The number of carbonyl (C=O) groups is 2. The first-order chi connectivity index (χ1) is 14.4. The Morgan fingerprint density at radius 2 is 1.67 bits per heavy atom. The molecule has 1 N–H and O–H groups in total. The first kappa shape index (κ1) is 23.2. The van der Waals surface area contributed by atoms with Crippen molar-refractivity contribution in [1.82, 2.24) is 10.2 Å². The Morgan fingerprint density at radius 1 is 1.03 bits per heavy atom. The molecule has 6 nitrogen and oxygen atoms in total. The highest BCUT2D eigenvalue weighted by atomic mass is 19.1. The van der Waals surface area contributed by atoms with E-state index in [9.17, 15) is 14.0 Å². The highest BCUT2D eigenvalue weighted by Gasteiger charge is 2.27. The van der Waals surface area contributed by atoms with Crippen LogP contribution in [0.4, 0.5) is 4.39 Å². The summed E-state index contributed by atoms with van der Waals surface area (Å²) in [4.78, 5) is 27.0. The molecule has 2 aromatic carbocycles. The number of likely N-dealkylation sites (N-methyl/N-ethyl adjacent to an activating group) is 1. The molecular formula is C23H29FN2O4. The minimum Gasteiger partial charge on any atom is -0.493 e. The maximum absolute atomic E-state index is 13.3. The van der Waals surface area contributed by atoms with E-state index in [0.717, 1.165) is 11.1 Å². The summed E-state index contributed by atoms with van der Waals surface area (Å²) in [6, 6.07) is 10.9. The van der Waals surface area contributed by atoms with Gasteiger partial charge in [-0.15, -0.1) is 0 Å². The second kappa shape index (κ2) is 11.2. The van der Waals surface area contributed by atoms with Gasteiger partial charge in [-0.1, -0.05) is 25.1 Å². The van der Waals surface area contributed by atoms with E-state index >= 15 is 0 Å². The molecule has 0 unspecified atom stereocenters. The second-order valence-electron chi connectivity index (χ2n) is 6.88. The van der Waals surface area contributed by atoms with Crippen LogP contribution < -0.4 is 14.8 Å². The summed E-state index contributed by atoms with van der Waals surface area (Å²) in [6.45, 7) is 2.09. The van der Waals surface area contributed by atoms with Gasteiger partial charge in [0.25, 0.3) is 0 Å². The van der Waals surface area contributed by atoms with Crippen LogP contribution in [0.5, 0.6) is 11.5 Å². The van der Waals surface area contributed by atoms with Gasteiger partial charge < -0.3 is 19.7 Å². The number of amides is 2. The summed E-state index contributed by atoms with van der Waals surface area (Å²) >= 11 is 0. The smallest absolute Gasteiger partial charge is 0.242 e. The Hall–Kier alpha value is -3.09. The van der Waals surface area contributed by atoms with Gasteiger partial charge in [0.2, 0.25) is 11.8 Å². The topological polar surface area (TPSA) is 67.9 Å². The number of nitrogens with zero attached hydrogens (tertiary/aromatic N) is 1. The van der Waals surface area contributed by atoms with Gasteiger partial charge in [0.1, 0.15) is 11.9 Å². The van der Waals surface area contributed by atoms with E-state index in [1.165, 1.54) is 12.1 Å². The normalized spacial score (nSPS) is 11.5. The molecule has 0 bridgehead atoms. The zero-order valence-corrected chi connectivity index (χ0v) is 17.9. The number of methoxy groups -OCH3 is 2. The third-order valence-electron chi connectivity index (χ3n) is 4.97.